The van der Waals surface area contributed by atoms with Gasteiger partial charge in [0.05, 0.1) is 5.69 Å². The number of hydrogen-bond donors (Lipinski definition) is 1. The van der Waals surface area contributed by atoms with Crippen molar-refractivity contribution in [2.45, 2.75) is 32.7 Å². The molecule has 0 aromatic carbocycles. The standard InChI is InChI=1S/C15H21N5O3/c1-15(2,3)10-8-11(19(5)17-10)16-12(21)9-20-7-6-13(22)18(4)14(20)23/h6-8H,9H2,1-5H3,(H,16,21). The summed E-state index contributed by atoms with van der Waals surface area (Å²) < 4.78 is 3.72. The molecule has 0 aliphatic rings. The molecule has 0 spiro atoms. The van der Waals surface area contributed by atoms with Gasteiger partial charge >= 0.3 is 5.69 Å². The Morgan fingerprint density at radius 3 is 2.48 bits per heavy atom. The third-order valence-corrected chi connectivity index (χ3v) is 3.49. The number of rotatable bonds is 3. The van der Waals surface area contributed by atoms with E-state index >= 15 is 0 Å². The van der Waals surface area contributed by atoms with Crippen LogP contribution in [0.15, 0.2) is 27.9 Å². The molecule has 0 aliphatic carbocycles. The van der Waals surface area contributed by atoms with Crippen LogP contribution in [0.3, 0.4) is 0 Å². The zero-order chi connectivity index (χ0) is 17.4. The smallest absolute Gasteiger partial charge is 0.309 e. The van der Waals surface area contributed by atoms with Crippen molar-refractivity contribution < 1.29 is 4.79 Å². The second-order valence-electron chi connectivity index (χ2n) is 6.46. The van der Waals surface area contributed by atoms with Gasteiger partial charge in [-0.2, -0.15) is 5.10 Å². The van der Waals surface area contributed by atoms with Crippen molar-refractivity contribution in [3.63, 3.8) is 0 Å². The Morgan fingerprint density at radius 1 is 1.26 bits per heavy atom. The monoisotopic (exact) mass is 319 g/mol. The van der Waals surface area contributed by atoms with Crippen LogP contribution in [0.5, 0.6) is 0 Å². The van der Waals surface area contributed by atoms with Gasteiger partial charge in [0.1, 0.15) is 12.4 Å². The lowest BCUT2D eigenvalue weighted by atomic mass is 9.92. The van der Waals surface area contributed by atoms with E-state index < -0.39 is 11.2 Å². The fraction of sp³-hybridized carbons (Fsp3) is 0.467. The number of aromatic nitrogens is 4. The van der Waals surface area contributed by atoms with Crippen molar-refractivity contribution in [1.29, 1.82) is 0 Å². The van der Waals surface area contributed by atoms with Gasteiger partial charge in [-0.25, -0.2) is 4.79 Å². The summed E-state index contributed by atoms with van der Waals surface area (Å²) in [5.74, 6) is 0.187. The summed E-state index contributed by atoms with van der Waals surface area (Å²) in [6.07, 6.45) is 1.31. The second kappa shape index (κ2) is 5.86. The highest BCUT2D eigenvalue weighted by Gasteiger charge is 2.19. The first-order valence-corrected chi connectivity index (χ1v) is 7.20. The van der Waals surface area contributed by atoms with Crippen molar-refractivity contribution >= 4 is 11.7 Å². The molecule has 8 nitrogen and oxygen atoms in total. The molecule has 0 saturated carbocycles. The Hall–Kier alpha value is -2.64. The molecule has 2 aromatic rings. The van der Waals surface area contributed by atoms with Gasteiger partial charge in [0, 0.05) is 37.8 Å². The first-order chi connectivity index (χ1) is 10.6. The normalized spacial score (nSPS) is 11.5. The van der Waals surface area contributed by atoms with E-state index in [-0.39, 0.29) is 17.9 Å². The average molecular weight is 319 g/mol. The van der Waals surface area contributed by atoms with E-state index in [2.05, 4.69) is 10.4 Å². The Labute approximate surface area is 133 Å². The zero-order valence-corrected chi connectivity index (χ0v) is 14.0. The van der Waals surface area contributed by atoms with E-state index in [1.165, 1.54) is 23.9 Å². The lowest BCUT2D eigenvalue weighted by Gasteiger charge is -2.13. The summed E-state index contributed by atoms with van der Waals surface area (Å²) in [6.45, 7) is 5.92. The Morgan fingerprint density at radius 2 is 1.91 bits per heavy atom. The maximum absolute atomic E-state index is 12.1. The van der Waals surface area contributed by atoms with Crippen LogP contribution in [0.4, 0.5) is 5.82 Å². The van der Waals surface area contributed by atoms with Gasteiger partial charge in [-0.3, -0.25) is 23.4 Å². The van der Waals surface area contributed by atoms with Crippen molar-refractivity contribution in [3.8, 4) is 0 Å². The van der Waals surface area contributed by atoms with Gasteiger partial charge in [-0.15, -0.1) is 0 Å². The predicted molar refractivity (Wildman–Crippen MR) is 86.5 cm³/mol. The lowest BCUT2D eigenvalue weighted by Crippen LogP contribution is -2.39. The Kier molecular flexibility index (Phi) is 4.26. The minimum atomic E-state index is -0.534. The maximum atomic E-state index is 12.1. The highest BCUT2D eigenvalue weighted by molar-refractivity contribution is 5.89. The molecule has 0 saturated heterocycles. The molecule has 8 heteroatoms. The molecule has 124 valence electrons. The molecule has 2 aromatic heterocycles. The number of nitrogens with one attached hydrogen (secondary N) is 1. The molecule has 2 heterocycles. The van der Waals surface area contributed by atoms with Gasteiger partial charge in [0.2, 0.25) is 5.91 Å². The minimum Gasteiger partial charge on any atom is -0.309 e. The van der Waals surface area contributed by atoms with E-state index in [9.17, 15) is 14.4 Å². The quantitative estimate of drug-likeness (QED) is 0.876. The van der Waals surface area contributed by atoms with Crippen LogP contribution in [0.25, 0.3) is 0 Å². The van der Waals surface area contributed by atoms with E-state index in [1.54, 1.807) is 17.8 Å². The predicted octanol–water partition coefficient (Wildman–Crippen LogP) is 0.217. The van der Waals surface area contributed by atoms with E-state index in [0.717, 1.165) is 10.3 Å². The summed E-state index contributed by atoms with van der Waals surface area (Å²) in [4.78, 5) is 35.4. The van der Waals surface area contributed by atoms with Crippen LogP contribution in [0.1, 0.15) is 26.5 Å². The second-order valence-corrected chi connectivity index (χ2v) is 6.46. The third kappa shape index (κ3) is 3.58. The van der Waals surface area contributed by atoms with Gasteiger partial charge in [-0.05, 0) is 0 Å². The van der Waals surface area contributed by atoms with Crippen molar-refractivity contribution in [2.75, 3.05) is 5.32 Å². The number of anilines is 1. The SMILES string of the molecule is Cn1nc(C(C)(C)C)cc1NC(=O)Cn1ccc(=O)n(C)c1=O. The third-order valence-electron chi connectivity index (χ3n) is 3.49. The fourth-order valence-corrected chi connectivity index (χ4v) is 2.02. The van der Waals surface area contributed by atoms with Gasteiger partial charge in [-0.1, -0.05) is 20.8 Å². The minimum absolute atomic E-state index is 0.130. The lowest BCUT2D eigenvalue weighted by molar-refractivity contribution is -0.116. The molecular formula is C15H21N5O3. The largest absolute Gasteiger partial charge is 0.331 e. The number of nitrogens with zero attached hydrogens (tertiary/aromatic N) is 4. The van der Waals surface area contributed by atoms with Crippen molar-refractivity contribution in [2.24, 2.45) is 14.1 Å². The molecule has 0 bridgehead atoms. The Balaban J connectivity index is 2.18. The van der Waals surface area contributed by atoms with Gasteiger partial charge in [0.25, 0.3) is 5.56 Å². The fourth-order valence-electron chi connectivity index (χ4n) is 2.02. The summed E-state index contributed by atoms with van der Waals surface area (Å²) in [7, 11) is 3.11. The molecule has 2 rings (SSSR count). The van der Waals surface area contributed by atoms with Crippen molar-refractivity contribution in [3.05, 3.63) is 44.9 Å². The number of amides is 1. The molecule has 0 fully saturated rings. The number of carbonyl (C=O) groups is 1. The summed E-state index contributed by atoms with van der Waals surface area (Å²) in [5.41, 5.74) is -0.217. The first-order valence-electron chi connectivity index (χ1n) is 7.20. The van der Waals surface area contributed by atoms with E-state index in [0.29, 0.717) is 5.82 Å². The van der Waals surface area contributed by atoms with Crippen molar-refractivity contribution in [1.82, 2.24) is 18.9 Å². The molecule has 23 heavy (non-hydrogen) atoms. The number of hydrogen-bond acceptors (Lipinski definition) is 4. The molecule has 0 aliphatic heterocycles. The number of aryl methyl sites for hydroxylation is 1. The molecule has 1 amide bonds. The average Bonchev–Trinajstić information content (AvgIpc) is 2.81. The van der Waals surface area contributed by atoms with Crippen LogP contribution in [-0.4, -0.2) is 24.8 Å². The highest BCUT2D eigenvalue weighted by atomic mass is 16.2. The highest BCUT2D eigenvalue weighted by Crippen LogP contribution is 2.23. The topological polar surface area (TPSA) is 90.9 Å². The molecule has 0 unspecified atom stereocenters. The van der Waals surface area contributed by atoms with Crippen LogP contribution in [-0.2, 0) is 30.8 Å². The van der Waals surface area contributed by atoms with Crippen LogP contribution in [0, 0.1) is 0 Å². The maximum Gasteiger partial charge on any atom is 0.331 e. The van der Waals surface area contributed by atoms with Crippen LogP contribution < -0.4 is 16.6 Å². The summed E-state index contributed by atoms with van der Waals surface area (Å²) >= 11 is 0. The summed E-state index contributed by atoms with van der Waals surface area (Å²) in [5, 5.41) is 7.10. The number of carbonyl (C=O) groups excluding carboxylic acids is 1. The summed E-state index contributed by atoms with van der Waals surface area (Å²) in [6, 6.07) is 3.05. The Bertz CT molecular complexity index is 851. The first kappa shape index (κ1) is 16.7. The molecule has 1 N–H and O–H groups in total. The molecular weight excluding hydrogens is 298 g/mol. The van der Waals surface area contributed by atoms with Gasteiger partial charge in [0.15, 0.2) is 0 Å². The van der Waals surface area contributed by atoms with E-state index in [1.807, 2.05) is 20.8 Å². The molecule has 0 atom stereocenters. The van der Waals surface area contributed by atoms with Crippen LogP contribution in [0.2, 0.25) is 0 Å². The zero-order valence-electron chi connectivity index (χ0n) is 14.0. The van der Waals surface area contributed by atoms with Gasteiger partial charge < -0.3 is 5.32 Å². The molecule has 0 radical (unpaired) electrons. The van der Waals surface area contributed by atoms with Crippen LogP contribution >= 0.6 is 0 Å². The van der Waals surface area contributed by atoms with E-state index in [4.69, 9.17) is 0 Å².